The summed E-state index contributed by atoms with van der Waals surface area (Å²) in [6.45, 7) is 1.89. The molecule has 16 heavy (non-hydrogen) atoms. The Morgan fingerprint density at radius 3 is 2.88 bits per heavy atom. The summed E-state index contributed by atoms with van der Waals surface area (Å²) in [7, 11) is 1.25. The summed E-state index contributed by atoms with van der Waals surface area (Å²) in [6, 6.07) is 4.69. The SMILES string of the molecule is COC(=O)c1cc(=O)n2ccc(C)cc2n1. The van der Waals surface area contributed by atoms with Gasteiger partial charge in [-0.25, -0.2) is 9.78 Å². The van der Waals surface area contributed by atoms with Crippen LogP contribution in [0.2, 0.25) is 0 Å². The summed E-state index contributed by atoms with van der Waals surface area (Å²) < 4.78 is 5.90. The molecule has 0 spiro atoms. The molecule has 2 aromatic heterocycles. The molecule has 0 fully saturated rings. The molecule has 0 aliphatic rings. The molecule has 2 heterocycles. The van der Waals surface area contributed by atoms with Crippen molar-refractivity contribution in [2.75, 3.05) is 7.11 Å². The van der Waals surface area contributed by atoms with Gasteiger partial charge in [0.05, 0.1) is 7.11 Å². The highest BCUT2D eigenvalue weighted by molar-refractivity contribution is 5.87. The highest BCUT2D eigenvalue weighted by atomic mass is 16.5. The number of nitrogens with zero attached hydrogens (tertiary/aromatic N) is 2. The Hall–Kier alpha value is -2.17. The van der Waals surface area contributed by atoms with Gasteiger partial charge in [-0.05, 0) is 24.6 Å². The lowest BCUT2D eigenvalue weighted by atomic mass is 10.3. The maximum Gasteiger partial charge on any atom is 0.356 e. The average Bonchev–Trinajstić information content (AvgIpc) is 2.27. The maximum absolute atomic E-state index is 11.6. The molecule has 5 heteroatoms. The van der Waals surface area contributed by atoms with E-state index in [4.69, 9.17) is 0 Å². The number of carbonyl (C=O) groups excluding carboxylic acids is 1. The Kier molecular flexibility index (Phi) is 2.44. The van der Waals surface area contributed by atoms with Crippen molar-refractivity contribution in [1.29, 1.82) is 0 Å². The number of carbonyl (C=O) groups is 1. The topological polar surface area (TPSA) is 60.7 Å². The molecule has 2 rings (SSSR count). The molecular weight excluding hydrogens is 208 g/mol. The van der Waals surface area contributed by atoms with E-state index in [9.17, 15) is 9.59 Å². The predicted molar refractivity (Wildman–Crippen MR) is 57.5 cm³/mol. The number of esters is 1. The van der Waals surface area contributed by atoms with Gasteiger partial charge in [0.1, 0.15) is 5.65 Å². The van der Waals surface area contributed by atoms with Crippen molar-refractivity contribution in [2.45, 2.75) is 6.92 Å². The first-order valence-electron chi connectivity index (χ1n) is 4.70. The zero-order valence-electron chi connectivity index (χ0n) is 8.93. The molecule has 0 aromatic carbocycles. The third-order valence-corrected chi connectivity index (χ3v) is 2.22. The third-order valence-electron chi connectivity index (χ3n) is 2.22. The molecule has 0 aliphatic heterocycles. The van der Waals surface area contributed by atoms with E-state index in [-0.39, 0.29) is 11.3 Å². The Bertz CT molecular complexity index is 616. The van der Waals surface area contributed by atoms with E-state index in [1.165, 1.54) is 11.5 Å². The summed E-state index contributed by atoms with van der Waals surface area (Å²) in [4.78, 5) is 27.0. The Morgan fingerprint density at radius 1 is 1.44 bits per heavy atom. The van der Waals surface area contributed by atoms with Crippen molar-refractivity contribution in [3.05, 3.63) is 46.0 Å². The standard InChI is InChI=1S/C11H10N2O3/c1-7-3-4-13-9(5-7)12-8(6-10(13)14)11(15)16-2/h3-6H,1-2H3. The lowest BCUT2D eigenvalue weighted by Gasteiger charge is -2.03. The van der Waals surface area contributed by atoms with Crippen molar-refractivity contribution >= 4 is 11.6 Å². The van der Waals surface area contributed by atoms with Crippen molar-refractivity contribution in [3.8, 4) is 0 Å². The molecular formula is C11H10N2O3. The second-order valence-corrected chi connectivity index (χ2v) is 3.40. The zero-order chi connectivity index (χ0) is 11.7. The molecule has 0 radical (unpaired) electrons. The Labute approximate surface area is 91.3 Å². The second-order valence-electron chi connectivity index (χ2n) is 3.40. The molecule has 2 aromatic rings. The molecule has 82 valence electrons. The van der Waals surface area contributed by atoms with Gasteiger partial charge in [0.25, 0.3) is 5.56 Å². The number of hydrogen-bond acceptors (Lipinski definition) is 4. The van der Waals surface area contributed by atoms with Gasteiger partial charge in [0.2, 0.25) is 0 Å². The molecule has 0 unspecified atom stereocenters. The number of methoxy groups -OCH3 is 1. The smallest absolute Gasteiger partial charge is 0.356 e. The van der Waals surface area contributed by atoms with Crippen LogP contribution in [0.1, 0.15) is 16.1 Å². The monoisotopic (exact) mass is 218 g/mol. The highest BCUT2D eigenvalue weighted by Crippen LogP contribution is 2.03. The molecule has 0 aliphatic carbocycles. The van der Waals surface area contributed by atoms with Crippen LogP contribution >= 0.6 is 0 Å². The molecule has 0 atom stereocenters. The van der Waals surface area contributed by atoms with Gasteiger partial charge in [-0.2, -0.15) is 0 Å². The van der Waals surface area contributed by atoms with E-state index in [1.807, 2.05) is 6.92 Å². The van der Waals surface area contributed by atoms with Gasteiger partial charge in [-0.3, -0.25) is 9.20 Å². The van der Waals surface area contributed by atoms with Crippen molar-refractivity contribution in [2.24, 2.45) is 0 Å². The van der Waals surface area contributed by atoms with Crippen LogP contribution in [-0.2, 0) is 4.74 Å². The van der Waals surface area contributed by atoms with Crippen molar-refractivity contribution in [3.63, 3.8) is 0 Å². The normalized spacial score (nSPS) is 10.4. The second kappa shape index (κ2) is 3.77. The van der Waals surface area contributed by atoms with Crippen LogP contribution in [0.5, 0.6) is 0 Å². The van der Waals surface area contributed by atoms with Crippen LogP contribution in [-0.4, -0.2) is 22.5 Å². The van der Waals surface area contributed by atoms with Gasteiger partial charge in [-0.15, -0.1) is 0 Å². The first-order valence-corrected chi connectivity index (χ1v) is 4.70. The fourth-order valence-electron chi connectivity index (χ4n) is 1.41. The maximum atomic E-state index is 11.6. The summed E-state index contributed by atoms with van der Waals surface area (Å²) in [5.41, 5.74) is 1.13. The largest absolute Gasteiger partial charge is 0.464 e. The van der Waals surface area contributed by atoms with Crippen molar-refractivity contribution < 1.29 is 9.53 Å². The van der Waals surface area contributed by atoms with Crippen LogP contribution in [0.4, 0.5) is 0 Å². The average molecular weight is 218 g/mol. The van der Waals surface area contributed by atoms with Gasteiger partial charge >= 0.3 is 5.97 Å². The fraction of sp³-hybridized carbons (Fsp3) is 0.182. The van der Waals surface area contributed by atoms with Gasteiger partial charge < -0.3 is 4.74 Å². The van der Waals surface area contributed by atoms with Crippen LogP contribution in [0.15, 0.2) is 29.2 Å². The lowest BCUT2D eigenvalue weighted by molar-refractivity contribution is 0.0594. The van der Waals surface area contributed by atoms with E-state index >= 15 is 0 Å². The van der Waals surface area contributed by atoms with Gasteiger partial charge in [0, 0.05) is 12.3 Å². The van der Waals surface area contributed by atoms with Crippen LogP contribution in [0.3, 0.4) is 0 Å². The van der Waals surface area contributed by atoms with E-state index in [0.717, 1.165) is 11.6 Å². The summed E-state index contributed by atoms with van der Waals surface area (Å²) >= 11 is 0. The van der Waals surface area contributed by atoms with E-state index < -0.39 is 5.97 Å². The quantitative estimate of drug-likeness (QED) is 0.664. The Morgan fingerprint density at radius 2 is 2.19 bits per heavy atom. The van der Waals surface area contributed by atoms with Gasteiger partial charge in [0.15, 0.2) is 5.69 Å². The number of rotatable bonds is 1. The van der Waals surface area contributed by atoms with Gasteiger partial charge in [-0.1, -0.05) is 0 Å². The van der Waals surface area contributed by atoms with Crippen molar-refractivity contribution in [1.82, 2.24) is 9.38 Å². The predicted octanol–water partition coefficient (Wildman–Crippen LogP) is 0.790. The molecule has 0 N–H and O–H groups in total. The fourth-order valence-corrected chi connectivity index (χ4v) is 1.41. The van der Waals surface area contributed by atoms with E-state index in [1.54, 1.807) is 18.3 Å². The number of fused-ring (bicyclic) bond motifs is 1. The third kappa shape index (κ3) is 1.67. The number of aryl methyl sites for hydroxylation is 1. The first-order chi connectivity index (χ1) is 7.61. The van der Waals surface area contributed by atoms with Crippen LogP contribution in [0.25, 0.3) is 5.65 Å². The minimum Gasteiger partial charge on any atom is -0.464 e. The lowest BCUT2D eigenvalue weighted by Crippen LogP contribution is -2.18. The molecule has 0 saturated carbocycles. The summed E-state index contributed by atoms with van der Waals surface area (Å²) in [6.07, 6.45) is 1.63. The summed E-state index contributed by atoms with van der Waals surface area (Å²) in [5.74, 6) is -0.610. The zero-order valence-corrected chi connectivity index (χ0v) is 8.93. The number of ether oxygens (including phenoxy) is 1. The number of aromatic nitrogens is 2. The highest BCUT2D eigenvalue weighted by Gasteiger charge is 2.10. The molecule has 0 bridgehead atoms. The number of hydrogen-bond donors (Lipinski definition) is 0. The van der Waals surface area contributed by atoms with Crippen LogP contribution in [0, 0.1) is 6.92 Å². The van der Waals surface area contributed by atoms with E-state index in [2.05, 4.69) is 9.72 Å². The minimum absolute atomic E-state index is 0.0260. The molecule has 5 nitrogen and oxygen atoms in total. The molecule has 0 saturated heterocycles. The molecule has 0 amide bonds. The Balaban J connectivity index is 2.75. The summed E-state index contributed by atoms with van der Waals surface area (Å²) in [5, 5.41) is 0. The number of pyridine rings is 1. The van der Waals surface area contributed by atoms with Crippen LogP contribution < -0.4 is 5.56 Å². The van der Waals surface area contributed by atoms with E-state index in [0.29, 0.717) is 5.65 Å². The first kappa shape index (κ1) is 10.4. The minimum atomic E-state index is -0.610.